The molecule has 0 spiro atoms. The number of hydrogen-bond acceptors (Lipinski definition) is 4. The normalized spacial score (nSPS) is 24.8. The molecule has 0 aromatic heterocycles. The molecule has 0 unspecified atom stereocenters. The highest BCUT2D eigenvalue weighted by Crippen LogP contribution is 2.42. The highest BCUT2D eigenvalue weighted by atomic mass is 32.2. The molecule has 1 heterocycles. The quantitative estimate of drug-likeness (QED) is 0.567. The van der Waals surface area contributed by atoms with Crippen molar-refractivity contribution in [1.82, 2.24) is 0 Å². The molecule has 0 amide bonds. The average Bonchev–Trinajstić information content (AvgIpc) is 2.92. The minimum atomic E-state index is -0.146. The lowest BCUT2D eigenvalue weighted by atomic mass is 9.77. The molecule has 2 aromatic rings. The first kappa shape index (κ1) is 16.9. The smallest absolute Gasteiger partial charge is 0.232 e. The summed E-state index contributed by atoms with van der Waals surface area (Å²) in [5.74, 6) is 2.01. The van der Waals surface area contributed by atoms with Crippen molar-refractivity contribution in [3.8, 4) is 0 Å². The lowest BCUT2D eigenvalue weighted by Crippen LogP contribution is -2.34. The standard InChI is InChI=1S/C20H23NO2S/c1-20(15-24-18-11-7-4-8-12-18)17(14-23-19(20)21-22-2)13-16-9-5-3-6-10-16/h3-12,17H,13-15H2,1-2H3/b21-19-/t17-,20+/m0/s1. The molecule has 2 atom stereocenters. The SMILES string of the molecule is CO/N=C1\OC[C@H](Cc2ccccc2)[C@@]1(C)CSc1ccccc1. The molecule has 126 valence electrons. The summed E-state index contributed by atoms with van der Waals surface area (Å²) in [6, 6.07) is 21.1. The van der Waals surface area contributed by atoms with Gasteiger partial charge in [-0.3, -0.25) is 0 Å². The minimum Gasteiger partial charge on any atom is -0.478 e. The van der Waals surface area contributed by atoms with E-state index in [9.17, 15) is 0 Å². The van der Waals surface area contributed by atoms with Gasteiger partial charge in [0, 0.05) is 16.6 Å². The molecule has 0 radical (unpaired) electrons. The van der Waals surface area contributed by atoms with Crippen molar-refractivity contribution >= 4 is 17.7 Å². The Morgan fingerprint density at radius 3 is 2.46 bits per heavy atom. The second-order valence-corrected chi connectivity index (χ2v) is 7.34. The molecular formula is C20H23NO2S. The molecule has 0 N–H and O–H groups in total. The third kappa shape index (κ3) is 3.75. The molecule has 1 aliphatic heterocycles. The summed E-state index contributed by atoms with van der Waals surface area (Å²) in [6.45, 7) is 2.92. The molecule has 3 nitrogen and oxygen atoms in total. The summed E-state index contributed by atoms with van der Waals surface area (Å²) >= 11 is 1.84. The van der Waals surface area contributed by atoms with Crippen molar-refractivity contribution in [2.75, 3.05) is 19.5 Å². The van der Waals surface area contributed by atoms with Crippen LogP contribution in [0.2, 0.25) is 0 Å². The first-order valence-corrected chi connectivity index (χ1v) is 9.17. The Morgan fingerprint density at radius 2 is 1.79 bits per heavy atom. The summed E-state index contributed by atoms with van der Waals surface area (Å²) in [5.41, 5.74) is 1.19. The van der Waals surface area contributed by atoms with Crippen molar-refractivity contribution in [2.45, 2.75) is 18.2 Å². The molecule has 0 saturated carbocycles. The van der Waals surface area contributed by atoms with Gasteiger partial charge in [0.15, 0.2) is 0 Å². The van der Waals surface area contributed by atoms with E-state index in [0.717, 1.165) is 18.1 Å². The van der Waals surface area contributed by atoms with E-state index in [1.165, 1.54) is 10.5 Å². The molecule has 4 heteroatoms. The highest BCUT2D eigenvalue weighted by Gasteiger charge is 2.47. The number of hydrogen-bond donors (Lipinski definition) is 0. The van der Waals surface area contributed by atoms with Crippen molar-refractivity contribution in [3.63, 3.8) is 0 Å². The van der Waals surface area contributed by atoms with Crippen LogP contribution in [0.3, 0.4) is 0 Å². The average molecular weight is 341 g/mol. The van der Waals surface area contributed by atoms with Crippen LogP contribution in [0, 0.1) is 11.3 Å². The van der Waals surface area contributed by atoms with E-state index in [2.05, 4.69) is 66.7 Å². The molecular weight excluding hydrogens is 318 g/mol. The number of benzene rings is 2. The fourth-order valence-corrected chi connectivity index (χ4v) is 4.20. The van der Waals surface area contributed by atoms with E-state index >= 15 is 0 Å². The van der Waals surface area contributed by atoms with Gasteiger partial charge in [-0.25, -0.2) is 0 Å². The molecule has 0 bridgehead atoms. The van der Waals surface area contributed by atoms with Crippen LogP contribution >= 0.6 is 11.8 Å². The van der Waals surface area contributed by atoms with Crippen molar-refractivity contribution < 1.29 is 9.57 Å². The topological polar surface area (TPSA) is 30.8 Å². The summed E-state index contributed by atoms with van der Waals surface area (Å²) < 4.78 is 5.89. The van der Waals surface area contributed by atoms with Crippen molar-refractivity contribution in [1.29, 1.82) is 0 Å². The predicted molar refractivity (Wildman–Crippen MR) is 99.3 cm³/mol. The van der Waals surface area contributed by atoms with Gasteiger partial charge in [0.1, 0.15) is 7.11 Å². The van der Waals surface area contributed by atoms with Gasteiger partial charge in [-0.05, 0) is 31.0 Å². The van der Waals surface area contributed by atoms with Crippen LogP contribution in [0.5, 0.6) is 0 Å². The van der Waals surface area contributed by atoms with E-state index in [4.69, 9.17) is 9.57 Å². The Kier molecular flexibility index (Phi) is 5.46. The Labute approximate surface area is 148 Å². The number of rotatable bonds is 6. The first-order valence-electron chi connectivity index (χ1n) is 8.18. The molecule has 24 heavy (non-hydrogen) atoms. The van der Waals surface area contributed by atoms with Crippen molar-refractivity contribution in [3.05, 3.63) is 66.2 Å². The van der Waals surface area contributed by atoms with E-state index in [1.807, 2.05) is 17.8 Å². The van der Waals surface area contributed by atoms with Crippen LogP contribution in [-0.2, 0) is 16.0 Å². The lowest BCUT2D eigenvalue weighted by Gasteiger charge is -2.28. The molecule has 0 aliphatic carbocycles. The monoisotopic (exact) mass is 341 g/mol. The summed E-state index contributed by atoms with van der Waals surface area (Å²) in [5, 5.41) is 4.16. The third-order valence-electron chi connectivity index (χ3n) is 4.59. The van der Waals surface area contributed by atoms with E-state index < -0.39 is 0 Å². The van der Waals surface area contributed by atoms with Crippen LogP contribution in [0.1, 0.15) is 12.5 Å². The van der Waals surface area contributed by atoms with Gasteiger partial charge < -0.3 is 9.57 Å². The van der Waals surface area contributed by atoms with E-state index in [1.54, 1.807) is 7.11 Å². The fourth-order valence-electron chi connectivity index (χ4n) is 3.03. The van der Waals surface area contributed by atoms with Crippen LogP contribution in [0.4, 0.5) is 0 Å². The predicted octanol–water partition coefficient (Wildman–Crippen LogP) is 4.63. The van der Waals surface area contributed by atoms with Crippen molar-refractivity contribution in [2.24, 2.45) is 16.5 Å². The lowest BCUT2D eigenvalue weighted by molar-refractivity contribution is 0.194. The van der Waals surface area contributed by atoms with Crippen LogP contribution in [0.25, 0.3) is 0 Å². The second-order valence-electron chi connectivity index (χ2n) is 6.30. The number of oxime groups is 1. The van der Waals surface area contributed by atoms with Gasteiger partial charge in [0.05, 0.1) is 12.0 Å². The van der Waals surface area contributed by atoms with E-state index in [-0.39, 0.29) is 5.41 Å². The Balaban J connectivity index is 1.78. The zero-order chi connectivity index (χ0) is 16.8. The zero-order valence-electron chi connectivity index (χ0n) is 14.1. The summed E-state index contributed by atoms with van der Waals surface area (Å²) in [6.07, 6.45) is 0.982. The molecule has 1 fully saturated rings. The van der Waals surface area contributed by atoms with Gasteiger partial charge in [0.25, 0.3) is 0 Å². The van der Waals surface area contributed by atoms with Crippen LogP contribution < -0.4 is 0 Å². The number of ether oxygens (including phenoxy) is 1. The Hall–Kier alpha value is -1.94. The maximum atomic E-state index is 5.89. The maximum absolute atomic E-state index is 5.89. The fraction of sp³-hybridized carbons (Fsp3) is 0.350. The van der Waals surface area contributed by atoms with Gasteiger partial charge >= 0.3 is 0 Å². The van der Waals surface area contributed by atoms with E-state index in [0.29, 0.717) is 12.5 Å². The van der Waals surface area contributed by atoms with Crippen LogP contribution in [-0.4, -0.2) is 25.4 Å². The summed E-state index contributed by atoms with van der Waals surface area (Å²) in [4.78, 5) is 6.29. The molecule has 1 aliphatic rings. The number of nitrogens with zero attached hydrogens (tertiary/aromatic N) is 1. The van der Waals surface area contributed by atoms with Crippen LogP contribution in [0.15, 0.2) is 70.7 Å². The van der Waals surface area contributed by atoms with Gasteiger partial charge in [0.2, 0.25) is 5.90 Å². The third-order valence-corrected chi connectivity index (χ3v) is 5.94. The largest absolute Gasteiger partial charge is 0.478 e. The summed E-state index contributed by atoms with van der Waals surface area (Å²) in [7, 11) is 1.58. The Morgan fingerprint density at radius 1 is 1.12 bits per heavy atom. The Bertz CT molecular complexity index is 675. The second kappa shape index (κ2) is 7.75. The first-order chi connectivity index (χ1) is 11.7. The molecule has 2 aromatic carbocycles. The molecule has 1 saturated heterocycles. The van der Waals surface area contributed by atoms with Gasteiger partial charge in [-0.1, -0.05) is 53.7 Å². The minimum absolute atomic E-state index is 0.146. The zero-order valence-corrected chi connectivity index (χ0v) is 15.0. The van der Waals surface area contributed by atoms with Gasteiger partial charge in [-0.2, -0.15) is 0 Å². The number of thioether (sulfide) groups is 1. The maximum Gasteiger partial charge on any atom is 0.232 e. The highest BCUT2D eigenvalue weighted by molar-refractivity contribution is 7.99. The molecule has 3 rings (SSSR count). The van der Waals surface area contributed by atoms with Gasteiger partial charge in [-0.15, -0.1) is 11.8 Å².